The van der Waals surface area contributed by atoms with Crippen LogP contribution in [0.3, 0.4) is 0 Å². The van der Waals surface area contributed by atoms with Gasteiger partial charge in [0.1, 0.15) is 11.9 Å². The fraction of sp³-hybridized carbons (Fsp3) is 0.250. The van der Waals surface area contributed by atoms with E-state index in [-0.39, 0.29) is 0 Å². The molecule has 2 heterocycles. The van der Waals surface area contributed by atoms with Crippen molar-refractivity contribution in [1.29, 1.82) is 5.26 Å². The van der Waals surface area contributed by atoms with Crippen LogP contribution in [0.25, 0.3) is 11.0 Å². The molecule has 1 aliphatic carbocycles. The number of hydrogen-bond donors (Lipinski definition) is 1. The molecule has 0 bridgehead atoms. The van der Waals surface area contributed by atoms with Crippen LogP contribution in [0.1, 0.15) is 25.0 Å². The smallest absolute Gasteiger partial charge is 0.204 e. The molecule has 0 fully saturated rings. The molecule has 0 saturated heterocycles. The predicted octanol–water partition coefficient (Wildman–Crippen LogP) is 3.78. The average Bonchev–Trinajstić information content (AvgIpc) is 2.84. The van der Waals surface area contributed by atoms with Crippen LogP contribution in [0.15, 0.2) is 47.1 Å². The molecule has 4 nitrogen and oxygen atoms in total. The SMILES string of the molecule is N#Cc1cc2cc(NC3CC=CC/C=C\C3)ncc2o1. The monoisotopic (exact) mass is 265 g/mol. The van der Waals surface area contributed by atoms with Crippen molar-refractivity contribution in [3.63, 3.8) is 0 Å². The van der Waals surface area contributed by atoms with Gasteiger partial charge in [-0.1, -0.05) is 24.3 Å². The largest absolute Gasteiger partial charge is 0.444 e. The first-order valence-electron chi connectivity index (χ1n) is 6.71. The van der Waals surface area contributed by atoms with Crippen LogP contribution in [-0.2, 0) is 0 Å². The zero-order valence-corrected chi connectivity index (χ0v) is 11.0. The summed E-state index contributed by atoms with van der Waals surface area (Å²) in [7, 11) is 0. The Bertz CT molecular complexity index is 692. The van der Waals surface area contributed by atoms with Crippen LogP contribution >= 0.6 is 0 Å². The highest BCUT2D eigenvalue weighted by Gasteiger charge is 2.09. The lowest BCUT2D eigenvalue weighted by Gasteiger charge is -2.17. The first-order valence-corrected chi connectivity index (χ1v) is 6.71. The second kappa shape index (κ2) is 5.62. The van der Waals surface area contributed by atoms with Gasteiger partial charge in [0.05, 0.1) is 6.20 Å². The quantitative estimate of drug-likeness (QED) is 0.839. The molecular formula is C16H15N3O. The van der Waals surface area contributed by atoms with E-state index in [2.05, 4.69) is 34.6 Å². The van der Waals surface area contributed by atoms with Crippen LogP contribution < -0.4 is 5.32 Å². The van der Waals surface area contributed by atoms with E-state index in [1.807, 2.05) is 12.1 Å². The Hall–Kier alpha value is -2.54. The Kier molecular flexibility index (Phi) is 3.51. The van der Waals surface area contributed by atoms with Gasteiger partial charge in [0, 0.05) is 17.5 Å². The van der Waals surface area contributed by atoms with E-state index >= 15 is 0 Å². The summed E-state index contributed by atoms with van der Waals surface area (Å²) in [6.45, 7) is 0. The van der Waals surface area contributed by atoms with Gasteiger partial charge in [-0.2, -0.15) is 5.26 Å². The second-order valence-corrected chi connectivity index (χ2v) is 4.82. The van der Waals surface area contributed by atoms with Crippen molar-refractivity contribution >= 4 is 16.8 Å². The zero-order chi connectivity index (χ0) is 13.8. The first kappa shape index (κ1) is 12.5. The third kappa shape index (κ3) is 2.72. The van der Waals surface area contributed by atoms with Gasteiger partial charge in [0.15, 0.2) is 5.58 Å². The highest BCUT2D eigenvalue weighted by atomic mass is 16.3. The van der Waals surface area contributed by atoms with Crippen molar-refractivity contribution in [1.82, 2.24) is 4.98 Å². The lowest BCUT2D eigenvalue weighted by atomic mass is 10.1. The van der Waals surface area contributed by atoms with Crippen LogP contribution in [0.5, 0.6) is 0 Å². The number of rotatable bonds is 2. The molecule has 1 atom stereocenters. The minimum Gasteiger partial charge on any atom is -0.444 e. The van der Waals surface area contributed by atoms with E-state index in [1.54, 1.807) is 12.3 Å². The van der Waals surface area contributed by atoms with Gasteiger partial charge in [0.2, 0.25) is 5.76 Å². The molecule has 20 heavy (non-hydrogen) atoms. The second-order valence-electron chi connectivity index (χ2n) is 4.82. The highest BCUT2D eigenvalue weighted by Crippen LogP contribution is 2.22. The van der Waals surface area contributed by atoms with Gasteiger partial charge in [-0.3, -0.25) is 0 Å². The molecule has 2 aromatic heterocycles. The van der Waals surface area contributed by atoms with Crippen molar-refractivity contribution in [2.75, 3.05) is 5.32 Å². The Morgan fingerprint density at radius 1 is 1.20 bits per heavy atom. The molecular weight excluding hydrogens is 250 g/mol. The molecule has 0 aromatic carbocycles. The van der Waals surface area contributed by atoms with Crippen molar-refractivity contribution in [3.8, 4) is 6.07 Å². The van der Waals surface area contributed by atoms with E-state index in [1.165, 1.54) is 0 Å². The van der Waals surface area contributed by atoms with Gasteiger partial charge in [-0.15, -0.1) is 0 Å². The molecule has 1 aliphatic rings. The lowest BCUT2D eigenvalue weighted by molar-refractivity contribution is 0.598. The van der Waals surface area contributed by atoms with E-state index in [4.69, 9.17) is 9.68 Å². The van der Waals surface area contributed by atoms with Crippen molar-refractivity contribution in [3.05, 3.63) is 48.4 Å². The summed E-state index contributed by atoms with van der Waals surface area (Å²) in [6, 6.07) is 6.00. The number of anilines is 1. The summed E-state index contributed by atoms with van der Waals surface area (Å²) in [6.07, 6.45) is 13.4. The number of nitrogens with zero attached hydrogens (tertiary/aromatic N) is 2. The maximum atomic E-state index is 8.83. The van der Waals surface area contributed by atoms with E-state index < -0.39 is 0 Å². The molecule has 0 aliphatic heterocycles. The molecule has 100 valence electrons. The third-order valence-corrected chi connectivity index (χ3v) is 3.31. The summed E-state index contributed by atoms with van der Waals surface area (Å²) in [5.41, 5.74) is 0.643. The fourth-order valence-electron chi connectivity index (χ4n) is 2.29. The third-order valence-electron chi connectivity index (χ3n) is 3.31. The standard InChI is InChI=1S/C16H15N3O/c17-10-14-8-12-9-16(18-11-15(12)20-14)19-13-6-4-2-1-3-5-7-13/h2-5,8-9,11,13H,1,6-7H2,(H,18,19)/b4-2-,5-3?. The first-order chi connectivity index (χ1) is 9.85. The molecule has 1 unspecified atom stereocenters. The summed E-state index contributed by atoms with van der Waals surface area (Å²) in [4.78, 5) is 4.34. The van der Waals surface area contributed by atoms with Gasteiger partial charge in [-0.05, 0) is 25.3 Å². The number of pyridine rings is 1. The average molecular weight is 265 g/mol. The number of nitrogens with one attached hydrogen (secondary N) is 1. The van der Waals surface area contributed by atoms with Gasteiger partial charge < -0.3 is 9.73 Å². The summed E-state index contributed by atoms with van der Waals surface area (Å²) in [5, 5.41) is 13.2. The Balaban J connectivity index is 1.79. The van der Waals surface area contributed by atoms with Crippen molar-refractivity contribution in [2.24, 2.45) is 0 Å². The molecule has 0 spiro atoms. The Morgan fingerprint density at radius 2 is 2.00 bits per heavy atom. The molecule has 0 saturated carbocycles. The van der Waals surface area contributed by atoms with Crippen LogP contribution in [0, 0.1) is 11.3 Å². The van der Waals surface area contributed by atoms with Gasteiger partial charge >= 0.3 is 0 Å². The van der Waals surface area contributed by atoms with Crippen molar-refractivity contribution in [2.45, 2.75) is 25.3 Å². The number of allylic oxidation sites excluding steroid dienone is 2. The van der Waals surface area contributed by atoms with Gasteiger partial charge in [0.25, 0.3) is 0 Å². The summed E-state index contributed by atoms with van der Waals surface area (Å²) >= 11 is 0. The lowest BCUT2D eigenvalue weighted by Crippen LogP contribution is -2.18. The topological polar surface area (TPSA) is 61.9 Å². The number of hydrogen-bond acceptors (Lipinski definition) is 4. The minimum absolute atomic E-state index is 0.316. The van der Waals surface area contributed by atoms with Crippen LogP contribution in [0.2, 0.25) is 0 Å². The number of fused-ring (bicyclic) bond motifs is 1. The molecule has 1 N–H and O–H groups in total. The number of nitriles is 1. The maximum Gasteiger partial charge on any atom is 0.204 e. The fourth-order valence-corrected chi connectivity index (χ4v) is 2.29. The molecule has 0 radical (unpaired) electrons. The van der Waals surface area contributed by atoms with Gasteiger partial charge in [-0.25, -0.2) is 4.98 Å². The molecule has 3 rings (SSSR count). The van der Waals surface area contributed by atoms with E-state index in [0.717, 1.165) is 30.5 Å². The van der Waals surface area contributed by atoms with E-state index in [9.17, 15) is 0 Å². The van der Waals surface area contributed by atoms with Crippen LogP contribution in [-0.4, -0.2) is 11.0 Å². The molecule has 2 aromatic rings. The highest BCUT2D eigenvalue weighted by molar-refractivity contribution is 5.80. The number of aromatic nitrogens is 1. The predicted molar refractivity (Wildman–Crippen MR) is 78.3 cm³/mol. The molecule has 4 heteroatoms. The zero-order valence-electron chi connectivity index (χ0n) is 11.0. The van der Waals surface area contributed by atoms with E-state index in [0.29, 0.717) is 17.4 Å². The maximum absolute atomic E-state index is 8.83. The number of furan rings is 1. The molecule has 0 amide bonds. The summed E-state index contributed by atoms with van der Waals surface area (Å²) < 4.78 is 5.32. The normalized spacial score (nSPS) is 20.1. The Morgan fingerprint density at radius 3 is 2.75 bits per heavy atom. The Labute approximate surface area is 117 Å². The minimum atomic E-state index is 0.316. The summed E-state index contributed by atoms with van der Waals surface area (Å²) in [5.74, 6) is 1.13. The van der Waals surface area contributed by atoms with Crippen molar-refractivity contribution < 1.29 is 4.42 Å². The van der Waals surface area contributed by atoms with Crippen LogP contribution in [0.4, 0.5) is 5.82 Å².